The Labute approximate surface area is 293 Å². The van der Waals surface area contributed by atoms with Crippen molar-refractivity contribution in [3.63, 3.8) is 0 Å². The lowest BCUT2D eigenvalue weighted by molar-refractivity contribution is -0.366. The summed E-state index contributed by atoms with van der Waals surface area (Å²) in [6, 6.07) is 8.80. The van der Waals surface area contributed by atoms with Gasteiger partial charge < -0.3 is 52.1 Å². The van der Waals surface area contributed by atoms with Crippen molar-refractivity contribution >= 4 is 41.8 Å². The van der Waals surface area contributed by atoms with Gasteiger partial charge in [-0.15, -0.1) is 0 Å². The van der Waals surface area contributed by atoms with E-state index in [1.807, 2.05) is 0 Å². The topological polar surface area (TPSA) is 221 Å². The van der Waals surface area contributed by atoms with Gasteiger partial charge in [-0.3, -0.25) is 33.6 Å². The Balaban J connectivity index is 2.15. The van der Waals surface area contributed by atoms with Gasteiger partial charge in [0.05, 0.1) is 6.61 Å². The Hall–Kier alpha value is -4.65. The van der Waals surface area contributed by atoms with E-state index in [9.17, 15) is 33.6 Å². The van der Waals surface area contributed by atoms with Crippen LogP contribution in [0.2, 0.25) is 0 Å². The maximum absolute atomic E-state index is 12.5. The summed E-state index contributed by atoms with van der Waals surface area (Å²) in [7, 11) is 0. The van der Waals surface area contributed by atoms with Crippen molar-refractivity contribution < 1.29 is 85.7 Å². The van der Waals surface area contributed by atoms with Crippen LogP contribution in [0.1, 0.15) is 54.0 Å². The summed E-state index contributed by atoms with van der Waals surface area (Å²) < 4.78 is 62.4. The zero-order valence-electron chi connectivity index (χ0n) is 29.1. The average molecular weight is 727 g/mol. The molecule has 282 valence electrons. The van der Waals surface area contributed by atoms with Crippen molar-refractivity contribution in [2.45, 2.75) is 116 Å². The molecule has 0 saturated carbocycles. The number of carbonyl (C=O) groups excluding carboxylic acids is 7. The number of benzene rings is 1. The van der Waals surface area contributed by atoms with Crippen molar-refractivity contribution in [2.75, 3.05) is 13.2 Å². The summed E-state index contributed by atoms with van der Waals surface area (Å²) >= 11 is 0. The van der Waals surface area contributed by atoms with E-state index in [1.165, 1.54) is 0 Å². The van der Waals surface area contributed by atoms with Gasteiger partial charge >= 0.3 is 41.8 Å². The fraction of sp³-hybridized carbons (Fsp3) is 0.606. The molecule has 10 atom stereocenters. The molecule has 0 amide bonds. The van der Waals surface area contributed by atoms with Crippen LogP contribution < -0.4 is 0 Å². The minimum Gasteiger partial charge on any atom is -0.463 e. The quantitative estimate of drug-likeness (QED) is 0.191. The molecular formula is C33H42O18. The van der Waals surface area contributed by atoms with Gasteiger partial charge in [-0.05, 0) is 5.56 Å². The number of carbonyl (C=O) groups is 7. The van der Waals surface area contributed by atoms with Crippen LogP contribution >= 0.6 is 0 Å². The minimum atomic E-state index is -1.75. The normalized spacial score (nSPS) is 28.7. The third-order valence-electron chi connectivity index (χ3n) is 7.15. The van der Waals surface area contributed by atoms with Crippen LogP contribution in [0, 0.1) is 0 Å². The van der Waals surface area contributed by atoms with E-state index in [2.05, 4.69) is 0 Å². The molecular weight excluding hydrogens is 684 g/mol. The van der Waals surface area contributed by atoms with E-state index >= 15 is 0 Å². The second-order valence-electron chi connectivity index (χ2n) is 11.5. The predicted octanol–water partition coefficient (Wildman–Crippen LogP) is 0.823. The molecule has 3 rings (SSSR count). The molecule has 2 saturated heterocycles. The van der Waals surface area contributed by atoms with E-state index in [0.717, 1.165) is 48.5 Å². The molecule has 2 heterocycles. The fourth-order valence-electron chi connectivity index (χ4n) is 5.36. The van der Waals surface area contributed by atoms with Gasteiger partial charge in [-0.25, -0.2) is 0 Å². The highest BCUT2D eigenvalue weighted by molar-refractivity contribution is 5.69. The standard InChI is InChI=1S/C33H42O18/c1-16(34)41-14-24-26(44-18(3)36)28(43-13-23-11-9-8-10-12-23)30(47-21(6)39)33(50-24)51-31-29(46-20(5)38)27(45-19(4)37)25(15-42-17(2)35)49-32(31)48-22(7)40/h8-12,24-33H,13-15H2,1-7H3/t24-,25+,26-,27-,28-,29+,30+,31+,32+,33-/m1/s1. The monoisotopic (exact) mass is 726 g/mol. The first kappa shape index (κ1) is 40.8. The summed E-state index contributed by atoms with van der Waals surface area (Å²) in [5, 5.41) is 0. The first-order valence-corrected chi connectivity index (χ1v) is 15.8. The number of rotatable bonds is 14. The highest BCUT2D eigenvalue weighted by Gasteiger charge is 2.57. The molecule has 0 unspecified atom stereocenters. The number of hydrogen-bond acceptors (Lipinski definition) is 18. The molecule has 18 nitrogen and oxygen atoms in total. The Kier molecular flexibility index (Phi) is 15.3. The highest BCUT2D eigenvalue weighted by atomic mass is 16.8. The van der Waals surface area contributed by atoms with Gasteiger partial charge in [0.1, 0.15) is 31.5 Å². The molecule has 0 bridgehead atoms. The molecule has 0 N–H and O–H groups in total. The summed E-state index contributed by atoms with van der Waals surface area (Å²) in [5.41, 5.74) is 0.676. The molecule has 0 radical (unpaired) electrons. The number of ether oxygens (including phenoxy) is 11. The first-order chi connectivity index (χ1) is 24.0. The maximum atomic E-state index is 12.5. The Morgan fingerprint density at radius 1 is 0.490 bits per heavy atom. The van der Waals surface area contributed by atoms with Crippen LogP contribution in [-0.2, 0) is 92.3 Å². The van der Waals surface area contributed by atoms with E-state index in [4.69, 9.17) is 52.1 Å². The van der Waals surface area contributed by atoms with Crippen LogP contribution in [0.4, 0.5) is 0 Å². The molecule has 51 heavy (non-hydrogen) atoms. The van der Waals surface area contributed by atoms with Crippen molar-refractivity contribution in [2.24, 2.45) is 0 Å². The molecule has 2 fully saturated rings. The molecule has 2 aliphatic rings. The third-order valence-corrected chi connectivity index (χ3v) is 7.15. The lowest BCUT2D eigenvalue weighted by Crippen LogP contribution is -2.67. The maximum Gasteiger partial charge on any atom is 0.305 e. The lowest BCUT2D eigenvalue weighted by atomic mass is 9.96. The smallest absolute Gasteiger partial charge is 0.305 e. The first-order valence-electron chi connectivity index (χ1n) is 15.8. The van der Waals surface area contributed by atoms with Gasteiger partial charge in [0.15, 0.2) is 36.8 Å². The van der Waals surface area contributed by atoms with Crippen LogP contribution in [0.3, 0.4) is 0 Å². The van der Waals surface area contributed by atoms with Crippen LogP contribution in [0.25, 0.3) is 0 Å². The average Bonchev–Trinajstić information content (AvgIpc) is 3.02. The molecule has 18 heteroatoms. The van der Waals surface area contributed by atoms with Gasteiger partial charge in [-0.1, -0.05) is 30.3 Å². The highest BCUT2D eigenvalue weighted by Crippen LogP contribution is 2.36. The number of esters is 7. The van der Waals surface area contributed by atoms with E-state index in [-0.39, 0.29) is 6.61 Å². The fourth-order valence-corrected chi connectivity index (χ4v) is 5.36. The second-order valence-corrected chi connectivity index (χ2v) is 11.5. The SMILES string of the molecule is CC(=O)OC[C@@H]1O[C@H](OC(C)=O)[C@@H](O[C@H]2O[C@H](COC(C)=O)[C@@H](OC(C)=O)[C@@H](OCc3ccccc3)[C@@H]2OC(C)=O)[C@@H](OC(C)=O)[C@@H]1OC(C)=O. The Morgan fingerprint density at radius 2 is 0.922 bits per heavy atom. The zero-order valence-corrected chi connectivity index (χ0v) is 29.1. The summed E-state index contributed by atoms with van der Waals surface area (Å²) in [6.45, 7) is 6.47. The second kappa shape index (κ2) is 19.1. The van der Waals surface area contributed by atoms with E-state index < -0.39 is 116 Å². The molecule has 0 aromatic heterocycles. The van der Waals surface area contributed by atoms with E-state index in [0.29, 0.717) is 5.56 Å². The molecule has 1 aromatic carbocycles. The molecule has 1 aromatic rings. The summed E-state index contributed by atoms with van der Waals surface area (Å²) in [6.07, 6.45) is -15.3. The Morgan fingerprint density at radius 3 is 1.39 bits per heavy atom. The van der Waals surface area contributed by atoms with Crippen molar-refractivity contribution in [3.8, 4) is 0 Å². The Bertz CT molecular complexity index is 1400. The van der Waals surface area contributed by atoms with Crippen LogP contribution in [0.15, 0.2) is 30.3 Å². The van der Waals surface area contributed by atoms with Gasteiger partial charge in [-0.2, -0.15) is 0 Å². The minimum absolute atomic E-state index is 0.0981. The van der Waals surface area contributed by atoms with Gasteiger partial charge in [0, 0.05) is 48.5 Å². The lowest BCUT2D eigenvalue weighted by Gasteiger charge is -2.48. The molecule has 0 spiro atoms. The van der Waals surface area contributed by atoms with E-state index in [1.54, 1.807) is 30.3 Å². The van der Waals surface area contributed by atoms with Crippen molar-refractivity contribution in [3.05, 3.63) is 35.9 Å². The summed E-state index contributed by atoms with van der Waals surface area (Å²) in [5.74, 6) is -5.71. The van der Waals surface area contributed by atoms with Gasteiger partial charge in [0.2, 0.25) is 6.29 Å². The molecule has 0 aliphatic carbocycles. The van der Waals surface area contributed by atoms with Crippen molar-refractivity contribution in [1.29, 1.82) is 0 Å². The van der Waals surface area contributed by atoms with Crippen LogP contribution in [-0.4, -0.2) is 116 Å². The van der Waals surface area contributed by atoms with Crippen LogP contribution in [0.5, 0.6) is 0 Å². The van der Waals surface area contributed by atoms with Crippen molar-refractivity contribution in [1.82, 2.24) is 0 Å². The summed E-state index contributed by atoms with van der Waals surface area (Å²) in [4.78, 5) is 85.3. The zero-order chi connectivity index (χ0) is 37.8. The van der Waals surface area contributed by atoms with Gasteiger partial charge in [0.25, 0.3) is 0 Å². The predicted molar refractivity (Wildman–Crippen MR) is 164 cm³/mol. The number of hydrogen-bond donors (Lipinski definition) is 0. The third kappa shape index (κ3) is 12.6. The molecule has 2 aliphatic heterocycles. The largest absolute Gasteiger partial charge is 0.463 e.